The van der Waals surface area contributed by atoms with Crippen LogP contribution in [0.1, 0.15) is 5.56 Å². The minimum absolute atomic E-state index is 1.06. The number of fused-ring (bicyclic) bond motifs is 6. The van der Waals surface area contributed by atoms with Crippen molar-refractivity contribution in [2.24, 2.45) is 0 Å². The third-order valence-corrected chi connectivity index (χ3v) is 9.35. The van der Waals surface area contributed by atoms with Gasteiger partial charge in [0.15, 0.2) is 0 Å². The fourth-order valence-electron chi connectivity index (χ4n) is 6.83. The Balaban J connectivity index is 0.000000431. The van der Waals surface area contributed by atoms with E-state index in [9.17, 15) is 0 Å². The molecule has 3 nitrogen and oxygen atoms in total. The zero-order valence-electron chi connectivity index (χ0n) is 29.8. The molecule has 9 aromatic carbocycles. The van der Waals surface area contributed by atoms with Crippen molar-refractivity contribution in [1.29, 1.82) is 5.41 Å². The van der Waals surface area contributed by atoms with Crippen molar-refractivity contribution in [3.8, 4) is 22.3 Å². The van der Waals surface area contributed by atoms with E-state index in [4.69, 9.17) is 5.41 Å². The lowest BCUT2D eigenvalue weighted by Gasteiger charge is -2.14. The van der Waals surface area contributed by atoms with Gasteiger partial charge < -0.3 is 16.0 Å². The molecular formula is C50H41N3. The molecule has 0 saturated carbocycles. The third-order valence-electron chi connectivity index (χ3n) is 9.35. The van der Waals surface area contributed by atoms with Crippen molar-refractivity contribution in [3.63, 3.8) is 0 Å². The largest absolute Gasteiger partial charge is 0.356 e. The van der Waals surface area contributed by atoms with Gasteiger partial charge in [0.05, 0.1) is 0 Å². The summed E-state index contributed by atoms with van der Waals surface area (Å²) in [5.74, 6) is 0. The second-order valence-corrected chi connectivity index (χ2v) is 12.8. The first-order valence-electron chi connectivity index (χ1n) is 17.8. The zero-order valence-corrected chi connectivity index (χ0v) is 29.8. The summed E-state index contributed by atoms with van der Waals surface area (Å²) in [6.07, 6.45) is 0. The Bertz CT molecular complexity index is 2560. The van der Waals surface area contributed by atoms with Crippen molar-refractivity contribution >= 4 is 61.8 Å². The fourth-order valence-corrected chi connectivity index (χ4v) is 6.83. The predicted octanol–water partition coefficient (Wildman–Crippen LogP) is 14.2. The Hall–Kier alpha value is -6.97. The second-order valence-electron chi connectivity index (χ2n) is 12.8. The SMILES string of the molecule is C=N.Cc1ccccc1.c1ccc(-c2ccccc2Nc2cccc(-c3ccc(Nc4ccc5c6ccccc6c6ccccc6c5c4)cc3)c2)cc1. The topological polar surface area (TPSA) is 47.9 Å². The van der Waals surface area contributed by atoms with Crippen molar-refractivity contribution in [1.82, 2.24) is 0 Å². The summed E-state index contributed by atoms with van der Waals surface area (Å²) in [5, 5.41) is 20.5. The van der Waals surface area contributed by atoms with Crippen LogP contribution in [-0.2, 0) is 0 Å². The molecule has 3 heteroatoms. The lowest BCUT2D eigenvalue weighted by atomic mass is 9.94. The molecule has 0 heterocycles. The number of benzene rings is 9. The molecule has 3 N–H and O–H groups in total. The molecule has 0 radical (unpaired) electrons. The molecule has 256 valence electrons. The molecule has 0 aliphatic carbocycles. The van der Waals surface area contributed by atoms with Crippen LogP contribution in [0.25, 0.3) is 54.6 Å². The van der Waals surface area contributed by atoms with Gasteiger partial charge in [-0.1, -0.05) is 163 Å². The van der Waals surface area contributed by atoms with Crippen molar-refractivity contribution in [3.05, 3.63) is 206 Å². The number of anilines is 4. The summed E-state index contributed by atoms with van der Waals surface area (Å²) in [6.45, 7) is 4.58. The highest BCUT2D eigenvalue weighted by molar-refractivity contribution is 6.25. The Morgan fingerprint density at radius 2 is 0.830 bits per heavy atom. The van der Waals surface area contributed by atoms with E-state index in [2.05, 4.69) is 206 Å². The molecule has 0 unspecified atom stereocenters. The molecule has 0 fully saturated rings. The highest BCUT2D eigenvalue weighted by Gasteiger charge is 2.10. The van der Waals surface area contributed by atoms with Crippen LogP contribution in [0.15, 0.2) is 200 Å². The van der Waals surface area contributed by atoms with Crippen LogP contribution in [0.4, 0.5) is 22.7 Å². The van der Waals surface area contributed by atoms with Crippen molar-refractivity contribution in [2.75, 3.05) is 10.6 Å². The van der Waals surface area contributed by atoms with Gasteiger partial charge in [-0.3, -0.25) is 0 Å². The summed E-state index contributed by atoms with van der Waals surface area (Å²) in [4.78, 5) is 0. The average Bonchev–Trinajstić information content (AvgIpc) is 3.23. The van der Waals surface area contributed by atoms with Gasteiger partial charge in [0.25, 0.3) is 0 Å². The standard InChI is InChI=1S/C42H30N2.C7H8.CH3N/c1-2-11-30(12-3-1)35-15-8-9-20-42(35)44-33-14-10-13-31(27-33)29-21-23-32(24-22-29)43-34-25-26-40-38-18-5-4-16-36(38)37-17-6-7-19-39(37)41(40)28-34;1-7-5-3-2-4-6-7;1-2/h1-28,43-44H;2-6H,1H3;2H,1H2. The molecule has 0 saturated heterocycles. The molecule has 0 aliphatic rings. The Kier molecular flexibility index (Phi) is 10.6. The van der Waals surface area contributed by atoms with E-state index in [1.807, 2.05) is 18.2 Å². The maximum atomic E-state index is 5.50. The molecule has 0 atom stereocenters. The third kappa shape index (κ3) is 7.85. The molecule has 0 spiro atoms. The van der Waals surface area contributed by atoms with E-state index >= 15 is 0 Å². The Morgan fingerprint density at radius 3 is 1.45 bits per heavy atom. The quantitative estimate of drug-likeness (QED) is 0.121. The van der Waals surface area contributed by atoms with Gasteiger partial charge in [0.1, 0.15) is 0 Å². The summed E-state index contributed by atoms with van der Waals surface area (Å²) in [6, 6.07) is 70.6. The zero-order chi connectivity index (χ0) is 36.4. The van der Waals surface area contributed by atoms with Crippen molar-refractivity contribution < 1.29 is 0 Å². The maximum absolute atomic E-state index is 5.50. The molecule has 0 aromatic heterocycles. The maximum Gasteiger partial charge on any atom is 0.0463 e. The summed E-state index contributed by atoms with van der Waals surface area (Å²) >= 11 is 0. The summed E-state index contributed by atoms with van der Waals surface area (Å²) < 4.78 is 0. The van der Waals surface area contributed by atoms with Crippen LogP contribution in [0.5, 0.6) is 0 Å². The minimum atomic E-state index is 1.06. The first kappa shape index (κ1) is 34.5. The van der Waals surface area contributed by atoms with E-state index < -0.39 is 0 Å². The average molecular weight is 684 g/mol. The number of nitrogens with one attached hydrogen (secondary N) is 3. The van der Waals surface area contributed by atoms with Gasteiger partial charge in [-0.15, -0.1) is 0 Å². The van der Waals surface area contributed by atoms with Crippen molar-refractivity contribution in [2.45, 2.75) is 6.92 Å². The Morgan fingerprint density at radius 1 is 0.340 bits per heavy atom. The molecule has 0 amide bonds. The van der Waals surface area contributed by atoms with Gasteiger partial charge in [-0.25, -0.2) is 0 Å². The van der Waals surface area contributed by atoms with Crippen LogP contribution in [0.3, 0.4) is 0 Å². The van der Waals surface area contributed by atoms with Gasteiger partial charge in [-0.2, -0.15) is 0 Å². The van der Waals surface area contributed by atoms with Gasteiger partial charge in [-0.05, 0) is 105 Å². The second kappa shape index (κ2) is 16.4. The van der Waals surface area contributed by atoms with Crippen LogP contribution in [0.2, 0.25) is 0 Å². The summed E-state index contributed by atoms with van der Waals surface area (Å²) in [5.41, 5.74) is 10.3. The number of hydrogen-bond donors (Lipinski definition) is 3. The number of para-hydroxylation sites is 1. The molecular weight excluding hydrogens is 643 g/mol. The monoisotopic (exact) mass is 683 g/mol. The van der Waals surface area contributed by atoms with Crippen LogP contribution in [-0.4, -0.2) is 6.72 Å². The van der Waals surface area contributed by atoms with E-state index in [1.54, 1.807) is 0 Å². The summed E-state index contributed by atoms with van der Waals surface area (Å²) in [7, 11) is 0. The highest BCUT2D eigenvalue weighted by atomic mass is 14.9. The van der Waals surface area contributed by atoms with E-state index in [1.165, 1.54) is 60.1 Å². The molecule has 9 aromatic rings. The highest BCUT2D eigenvalue weighted by Crippen LogP contribution is 2.37. The first-order chi connectivity index (χ1) is 26.2. The molecule has 0 aliphatic heterocycles. The fraction of sp³-hybridized carbons (Fsp3) is 0.0200. The predicted molar refractivity (Wildman–Crippen MR) is 230 cm³/mol. The lowest BCUT2D eigenvalue weighted by Crippen LogP contribution is -1.94. The van der Waals surface area contributed by atoms with Gasteiger partial charge in [0, 0.05) is 28.3 Å². The lowest BCUT2D eigenvalue weighted by molar-refractivity contribution is 1.48. The van der Waals surface area contributed by atoms with Crippen LogP contribution in [0, 0.1) is 12.3 Å². The van der Waals surface area contributed by atoms with Gasteiger partial charge >= 0.3 is 0 Å². The van der Waals surface area contributed by atoms with Crippen LogP contribution < -0.4 is 10.6 Å². The van der Waals surface area contributed by atoms with Crippen LogP contribution >= 0.6 is 0 Å². The van der Waals surface area contributed by atoms with E-state index in [0.717, 1.165) is 22.7 Å². The number of hydrogen-bond acceptors (Lipinski definition) is 3. The smallest absolute Gasteiger partial charge is 0.0463 e. The molecule has 53 heavy (non-hydrogen) atoms. The molecule has 0 bridgehead atoms. The normalized spacial score (nSPS) is 10.5. The minimum Gasteiger partial charge on any atom is -0.356 e. The van der Waals surface area contributed by atoms with Gasteiger partial charge in [0.2, 0.25) is 0 Å². The molecule has 9 rings (SSSR count). The number of aryl methyl sites for hydroxylation is 1. The van der Waals surface area contributed by atoms with E-state index in [-0.39, 0.29) is 0 Å². The Labute approximate surface area is 311 Å². The van der Waals surface area contributed by atoms with E-state index in [0.29, 0.717) is 0 Å². The number of rotatable bonds is 6. The first-order valence-corrected chi connectivity index (χ1v) is 17.8.